The molecule has 0 amide bonds. The van der Waals surface area contributed by atoms with Crippen molar-refractivity contribution in [2.45, 2.75) is 26.5 Å². The van der Waals surface area contributed by atoms with Crippen molar-refractivity contribution in [1.82, 2.24) is 0 Å². The Morgan fingerprint density at radius 1 is 1.44 bits per heavy atom. The summed E-state index contributed by atoms with van der Waals surface area (Å²) in [5.41, 5.74) is 7.01. The first-order valence-corrected chi connectivity index (χ1v) is 5.78. The van der Waals surface area contributed by atoms with E-state index in [0.717, 1.165) is 0 Å². The summed E-state index contributed by atoms with van der Waals surface area (Å²) in [7, 11) is 0. The maximum absolute atomic E-state index is 13.5. The summed E-state index contributed by atoms with van der Waals surface area (Å²) >= 11 is 0. The lowest BCUT2D eigenvalue weighted by molar-refractivity contribution is 0.266. The number of furan rings is 1. The predicted molar refractivity (Wildman–Crippen MR) is 66.8 cm³/mol. The quantitative estimate of drug-likeness (QED) is 0.904. The van der Waals surface area contributed by atoms with Crippen molar-refractivity contribution in [2.75, 3.05) is 0 Å². The van der Waals surface area contributed by atoms with Gasteiger partial charge in [0.2, 0.25) is 0 Å². The molecule has 2 rings (SSSR count). The molecule has 2 N–H and O–H groups in total. The third-order valence-corrected chi connectivity index (χ3v) is 2.73. The summed E-state index contributed by atoms with van der Waals surface area (Å²) in [6.07, 6.45) is 1.58. The molecular weight excluding hydrogens is 233 g/mol. The SMILES string of the molecule is Cc1cc(OCc2ccco2)c([C@H](C)N)cc1F. The Bertz CT molecular complexity index is 521. The van der Waals surface area contributed by atoms with E-state index in [9.17, 15) is 4.39 Å². The molecule has 96 valence electrons. The summed E-state index contributed by atoms with van der Waals surface area (Å²) in [6.45, 7) is 3.79. The highest BCUT2D eigenvalue weighted by molar-refractivity contribution is 5.39. The van der Waals surface area contributed by atoms with Gasteiger partial charge < -0.3 is 14.9 Å². The van der Waals surface area contributed by atoms with E-state index in [-0.39, 0.29) is 11.9 Å². The number of nitrogens with two attached hydrogens (primary N) is 1. The van der Waals surface area contributed by atoms with E-state index in [2.05, 4.69) is 0 Å². The number of benzene rings is 1. The van der Waals surface area contributed by atoms with E-state index in [1.807, 2.05) is 6.07 Å². The van der Waals surface area contributed by atoms with Crippen LogP contribution in [0.2, 0.25) is 0 Å². The van der Waals surface area contributed by atoms with Crippen LogP contribution >= 0.6 is 0 Å². The molecule has 2 aromatic rings. The van der Waals surface area contributed by atoms with E-state index < -0.39 is 0 Å². The first kappa shape index (κ1) is 12.6. The molecule has 3 nitrogen and oxygen atoms in total. The third-order valence-electron chi connectivity index (χ3n) is 2.73. The van der Waals surface area contributed by atoms with Crippen molar-refractivity contribution in [1.29, 1.82) is 0 Å². The van der Waals surface area contributed by atoms with Crippen molar-refractivity contribution in [3.63, 3.8) is 0 Å². The van der Waals surface area contributed by atoms with Crippen LogP contribution in [0.1, 0.15) is 29.9 Å². The lowest BCUT2D eigenvalue weighted by atomic mass is 10.1. The fraction of sp³-hybridized carbons (Fsp3) is 0.286. The van der Waals surface area contributed by atoms with Crippen LogP contribution in [0.15, 0.2) is 34.9 Å². The zero-order valence-corrected chi connectivity index (χ0v) is 10.4. The number of rotatable bonds is 4. The van der Waals surface area contributed by atoms with Gasteiger partial charge in [-0.2, -0.15) is 0 Å². The minimum atomic E-state index is -0.285. The van der Waals surface area contributed by atoms with Gasteiger partial charge in [-0.25, -0.2) is 4.39 Å². The van der Waals surface area contributed by atoms with Crippen LogP contribution in [0.3, 0.4) is 0 Å². The van der Waals surface area contributed by atoms with E-state index in [4.69, 9.17) is 14.9 Å². The standard InChI is InChI=1S/C14H16FNO2/c1-9-6-14(12(10(2)16)7-13(9)15)18-8-11-4-3-5-17-11/h3-7,10H,8,16H2,1-2H3/t10-/m0/s1. The maximum atomic E-state index is 13.5. The van der Waals surface area contributed by atoms with Gasteiger partial charge in [0.1, 0.15) is 23.9 Å². The molecule has 0 aliphatic heterocycles. The lowest BCUT2D eigenvalue weighted by Crippen LogP contribution is -2.09. The molecule has 0 spiro atoms. The van der Waals surface area contributed by atoms with Crippen LogP contribution in [0, 0.1) is 12.7 Å². The Balaban J connectivity index is 2.23. The highest BCUT2D eigenvalue weighted by atomic mass is 19.1. The largest absolute Gasteiger partial charge is 0.485 e. The first-order valence-electron chi connectivity index (χ1n) is 5.78. The lowest BCUT2D eigenvalue weighted by Gasteiger charge is -2.14. The van der Waals surface area contributed by atoms with Gasteiger partial charge in [0.05, 0.1) is 6.26 Å². The normalized spacial score (nSPS) is 12.4. The second-order valence-electron chi connectivity index (χ2n) is 4.30. The van der Waals surface area contributed by atoms with Crippen LogP contribution in [0.4, 0.5) is 4.39 Å². The van der Waals surface area contributed by atoms with Crippen molar-refractivity contribution < 1.29 is 13.5 Å². The van der Waals surface area contributed by atoms with Crippen molar-refractivity contribution in [3.8, 4) is 5.75 Å². The fourth-order valence-corrected chi connectivity index (χ4v) is 1.69. The predicted octanol–water partition coefficient (Wildman–Crippen LogP) is 3.33. The van der Waals surface area contributed by atoms with Crippen LogP contribution in [0.5, 0.6) is 5.75 Å². The summed E-state index contributed by atoms with van der Waals surface area (Å²) in [5.74, 6) is 1.04. The molecular formula is C14H16FNO2. The van der Waals surface area contributed by atoms with E-state index in [0.29, 0.717) is 29.2 Å². The average Bonchev–Trinajstić information content (AvgIpc) is 2.83. The molecule has 0 saturated heterocycles. The Morgan fingerprint density at radius 2 is 2.22 bits per heavy atom. The van der Waals surface area contributed by atoms with Crippen LogP contribution in [-0.4, -0.2) is 0 Å². The number of hydrogen-bond acceptors (Lipinski definition) is 3. The summed E-state index contributed by atoms with van der Waals surface area (Å²) < 4.78 is 24.3. The van der Waals surface area contributed by atoms with Crippen LogP contribution < -0.4 is 10.5 Å². The maximum Gasteiger partial charge on any atom is 0.146 e. The van der Waals surface area contributed by atoms with E-state index in [1.165, 1.54) is 6.07 Å². The van der Waals surface area contributed by atoms with Gasteiger partial charge in [0, 0.05) is 11.6 Å². The van der Waals surface area contributed by atoms with E-state index in [1.54, 1.807) is 32.2 Å². The number of halogens is 1. The molecule has 1 atom stereocenters. The zero-order valence-electron chi connectivity index (χ0n) is 10.4. The highest BCUT2D eigenvalue weighted by Crippen LogP contribution is 2.27. The number of ether oxygens (including phenoxy) is 1. The van der Waals surface area contributed by atoms with Crippen molar-refractivity contribution >= 4 is 0 Å². The molecule has 0 fully saturated rings. The molecule has 1 heterocycles. The van der Waals surface area contributed by atoms with Gasteiger partial charge >= 0.3 is 0 Å². The topological polar surface area (TPSA) is 48.4 Å². The van der Waals surface area contributed by atoms with Gasteiger partial charge in [0.15, 0.2) is 0 Å². The summed E-state index contributed by atoms with van der Waals surface area (Å²) in [6, 6.07) is 6.42. The molecule has 18 heavy (non-hydrogen) atoms. The number of aryl methyl sites for hydroxylation is 1. The minimum Gasteiger partial charge on any atom is -0.485 e. The monoisotopic (exact) mass is 249 g/mol. The smallest absolute Gasteiger partial charge is 0.146 e. The summed E-state index contributed by atoms with van der Waals surface area (Å²) in [5, 5.41) is 0. The van der Waals surface area contributed by atoms with Gasteiger partial charge in [-0.1, -0.05) is 0 Å². The molecule has 0 aliphatic carbocycles. The molecule has 0 unspecified atom stereocenters. The molecule has 0 radical (unpaired) electrons. The summed E-state index contributed by atoms with van der Waals surface area (Å²) in [4.78, 5) is 0. The van der Waals surface area contributed by atoms with E-state index >= 15 is 0 Å². The molecule has 1 aromatic heterocycles. The zero-order chi connectivity index (χ0) is 13.1. The van der Waals surface area contributed by atoms with Crippen molar-refractivity contribution in [3.05, 3.63) is 53.2 Å². The van der Waals surface area contributed by atoms with Gasteiger partial charge in [-0.3, -0.25) is 0 Å². The Hall–Kier alpha value is -1.81. The molecule has 0 saturated carbocycles. The minimum absolute atomic E-state index is 0.271. The van der Waals surface area contributed by atoms with Crippen LogP contribution in [0.25, 0.3) is 0 Å². The third kappa shape index (κ3) is 2.71. The van der Waals surface area contributed by atoms with Gasteiger partial charge in [-0.15, -0.1) is 0 Å². The molecule has 0 aliphatic rings. The average molecular weight is 249 g/mol. The van der Waals surface area contributed by atoms with Crippen LogP contribution in [-0.2, 0) is 6.61 Å². The second-order valence-corrected chi connectivity index (χ2v) is 4.30. The Labute approximate surface area is 105 Å². The first-order chi connectivity index (χ1) is 8.58. The molecule has 0 bridgehead atoms. The van der Waals surface area contributed by atoms with Crippen molar-refractivity contribution in [2.24, 2.45) is 5.73 Å². The highest BCUT2D eigenvalue weighted by Gasteiger charge is 2.12. The van der Waals surface area contributed by atoms with Gasteiger partial charge in [0.25, 0.3) is 0 Å². The molecule has 4 heteroatoms. The fourth-order valence-electron chi connectivity index (χ4n) is 1.69. The molecule has 1 aromatic carbocycles. The second kappa shape index (κ2) is 5.23. The Kier molecular flexibility index (Phi) is 3.67. The van der Waals surface area contributed by atoms with Gasteiger partial charge in [-0.05, 0) is 43.7 Å². The Morgan fingerprint density at radius 3 is 2.83 bits per heavy atom. The number of hydrogen-bond donors (Lipinski definition) is 1.